The molecule has 5 nitrogen and oxygen atoms in total. The third kappa shape index (κ3) is 2.43. The lowest BCUT2D eigenvalue weighted by Crippen LogP contribution is -2.29. The molecular formula is C12H16N2O3. The average molecular weight is 236 g/mol. The molecule has 17 heavy (non-hydrogen) atoms. The van der Waals surface area contributed by atoms with Crippen LogP contribution in [0.4, 0.5) is 0 Å². The van der Waals surface area contributed by atoms with Gasteiger partial charge in [-0.25, -0.2) is 0 Å². The number of Topliss-reactive ketones (excluding diaryl/α,β-unsaturated/α-hetero) is 1. The number of fused-ring (bicyclic) bond motifs is 1. The summed E-state index contributed by atoms with van der Waals surface area (Å²) in [6.07, 6.45) is 3.04. The van der Waals surface area contributed by atoms with Crippen molar-refractivity contribution in [2.24, 2.45) is 5.73 Å². The van der Waals surface area contributed by atoms with Crippen molar-refractivity contribution in [3.05, 3.63) is 33.2 Å². The maximum atomic E-state index is 11.5. The van der Waals surface area contributed by atoms with E-state index in [0.29, 0.717) is 30.4 Å². The highest BCUT2D eigenvalue weighted by Gasteiger charge is 2.23. The molecule has 0 saturated heterocycles. The minimum Gasteiger partial charge on any atom is -0.365 e. The second-order valence-corrected chi connectivity index (χ2v) is 3.53. The number of aromatic nitrogens is 1. The summed E-state index contributed by atoms with van der Waals surface area (Å²) in [5.41, 5.74) is 5.46. The number of amides is 1. The first-order valence-electron chi connectivity index (χ1n) is 5.69. The standard InChI is InChI=1S/C10H10N2O3.C2H6/c11-9(14)8-5-2-1-3-7(13)6(5)4-12-10(8)15;1-2/h4H,1-3H2,(H2,11,14)(H,12,15);1-2H3. The van der Waals surface area contributed by atoms with Crippen LogP contribution < -0.4 is 11.3 Å². The summed E-state index contributed by atoms with van der Waals surface area (Å²) in [4.78, 5) is 36.3. The fraction of sp³-hybridized carbons (Fsp3) is 0.417. The number of carbonyl (C=O) groups excluding carboxylic acids is 2. The summed E-state index contributed by atoms with van der Waals surface area (Å²) in [7, 11) is 0. The molecule has 0 radical (unpaired) electrons. The van der Waals surface area contributed by atoms with Gasteiger partial charge >= 0.3 is 0 Å². The first-order chi connectivity index (χ1) is 8.11. The van der Waals surface area contributed by atoms with Gasteiger partial charge in [0.15, 0.2) is 5.78 Å². The fourth-order valence-electron chi connectivity index (χ4n) is 1.90. The van der Waals surface area contributed by atoms with E-state index in [1.54, 1.807) is 0 Å². The molecule has 3 N–H and O–H groups in total. The molecule has 1 amide bonds. The molecular weight excluding hydrogens is 220 g/mol. The fourth-order valence-corrected chi connectivity index (χ4v) is 1.90. The highest BCUT2D eigenvalue weighted by molar-refractivity contribution is 6.02. The number of hydrogen-bond donors (Lipinski definition) is 2. The van der Waals surface area contributed by atoms with E-state index in [4.69, 9.17) is 5.73 Å². The summed E-state index contributed by atoms with van der Waals surface area (Å²) >= 11 is 0. The minimum atomic E-state index is -0.775. The van der Waals surface area contributed by atoms with Crippen molar-refractivity contribution in [3.63, 3.8) is 0 Å². The van der Waals surface area contributed by atoms with Gasteiger partial charge < -0.3 is 10.7 Å². The zero-order valence-corrected chi connectivity index (χ0v) is 10.0. The van der Waals surface area contributed by atoms with Crippen LogP contribution in [0.5, 0.6) is 0 Å². The number of carbonyl (C=O) groups is 2. The first kappa shape index (κ1) is 13.2. The van der Waals surface area contributed by atoms with Gasteiger partial charge in [0.25, 0.3) is 11.5 Å². The number of rotatable bonds is 1. The molecule has 0 atom stereocenters. The highest BCUT2D eigenvalue weighted by atomic mass is 16.2. The van der Waals surface area contributed by atoms with Gasteiger partial charge in [0, 0.05) is 18.2 Å². The Morgan fingerprint density at radius 1 is 1.29 bits per heavy atom. The van der Waals surface area contributed by atoms with E-state index in [1.165, 1.54) is 6.20 Å². The third-order valence-electron chi connectivity index (χ3n) is 2.58. The van der Waals surface area contributed by atoms with Crippen LogP contribution in [0.15, 0.2) is 11.0 Å². The third-order valence-corrected chi connectivity index (χ3v) is 2.58. The van der Waals surface area contributed by atoms with Crippen molar-refractivity contribution < 1.29 is 9.59 Å². The van der Waals surface area contributed by atoms with E-state index in [1.807, 2.05) is 13.8 Å². The molecule has 1 aliphatic rings. The number of nitrogens with two attached hydrogens (primary N) is 1. The van der Waals surface area contributed by atoms with E-state index in [2.05, 4.69) is 4.98 Å². The lowest BCUT2D eigenvalue weighted by Gasteiger charge is -2.15. The van der Waals surface area contributed by atoms with E-state index in [0.717, 1.165) is 0 Å². The van der Waals surface area contributed by atoms with Gasteiger partial charge in [-0.15, -0.1) is 0 Å². The predicted molar refractivity (Wildman–Crippen MR) is 64.2 cm³/mol. The van der Waals surface area contributed by atoms with E-state index in [9.17, 15) is 14.4 Å². The number of pyridine rings is 1. The van der Waals surface area contributed by atoms with Crippen LogP contribution in [-0.2, 0) is 6.42 Å². The highest BCUT2D eigenvalue weighted by Crippen LogP contribution is 2.21. The predicted octanol–water partition coefficient (Wildman–Crippen LogP) is 1.02. The van der Waals surface area contributed by atoms with Gasteiger partial charge in [0.2, 0.25) is 0 Å². The molecule has 1 aromatic heterocycles. The monoisotopic (exact) mass is 236 g/mol. The zero-order chi connectivity index (χ0) is 13.0. The van der Waals surface area contributed by atoms with Gasteiger partial charge in [-0.2, -0.15) is 0 Å². The van der Waals surface area contributed by atoms with Crippen LogP contribution >= 0.6 is 0 Å². The van der Waals surface area contributed by atoms with Crippen molar-refractivity contribution in [1.29, 1.82) is 0 Å². The molecule has 0 unspecified atom stereocenters. The smallest absolute Gasteiger partial charge is 0.261 e. The lowest BCUT2D eigenvalue weighted by molar-refractivity contribution is 0.0971. The first-order valence-corrected chi connectivity index (χ1v) is 5.69. The summed E-state index contributed by atoms with van der Waals surface area (Å²) in [5.74, 6) is -0.821. The SMILES string of the molecule is CC.NC(=O)c1c2c(c[nH]c1=O)C(=O)CCC2. The van der Waals surface area contributed by atoms with Crippen LogP contribution in [-0.4, -0.2) is 16.7 Å². The van der Waals surface area contributed by atoms with Crippen molar-refractivity contribution in [1.82, 2.24) is 4.98 Å². The Labute approximate surface area is 99.0 Å². The molecule has 2 rings (SSSR count). The van der Waals surface area contributed by atoms with E-state index >= 15 is 0 Å². The topological polar surface area (TPSA) is 93.0 Å². The number of nitrogens with one attached hydrogen (secondary N) is 1. The van der Waals surface area contributed by atoms with Crippen molar-refractivity contribution in [3.8, 4) is 0 Å². The summed E-state index contributed by atoms with van der Waals surface area (Å²) in [5, 5.41) is 0. The summed E-state index contributed by atoms with van der Waals surface area (Å²) in [6, 6.07) is 0. The molecule has 0 aliphatic heterocycles. The molecule has 92 valence electrons. The minimum absolute atomic E-state index is 0.0463. The molecule has 1 aromatic rings. The Morgan fingerprint density at radius 3 is 2.53 bits per heavy atom. The molecule has 0 fully saturated rings. The van der Waals surface area contributed by atoms with Crippen LogP contribution in [0.1, 0.15) is 53.0 Å². The van der Waals surface area contributed by atoms with Gasteiger partial charge in [0.1, 0.15) is 5.56 Å². The van der Waals surface area contributed by atoms with E-state index < -0.39 is 11.5 Å². The Morgan fingerprint density at radius 2 is 1.94 bits per heavy atom. The maximum absolute atomic E-state index is 11.5. The number of H-pyrrole nitrogens is 1. The maximum Gasteiger partial charge on any atom is 0.261 e. The number of hydrogen-bond acceptors (Lipinski definition) is 3. The molecule has 1 heterocycles. The van der Waals surface area contributed by atoms with Crippen molar-refractivity contribution >= 4 is 11.7 Å². The second-order valence-electron chi connectivity index (χ2n) is 3.53. The second kappa shape index (κ2) is 5.43. The van der Waals surface area contributed by atoms with E-state index in [-0.39, 0.29) is 11.3 Å². The number of aromatic amines is 1. The van der Waals surface area contributed by atoms with Crippen molar-refractivity contribution in [2.75, 3.05) is 0 Å². The quantitative estimate of drug-likeness (QED) is 0.762. The molecule has 0 saturated carbocycles. The van der Waals surface area contributed by atoms with Gasteiger partial charge in [-0.05, 0) is 18.4 Å². The molecule has 0 aromatic carbocycles. The molecule has 5 heteroatoms. The number of primary amides is 1. The Balaban J connectivity index is 0.000000686. The van der Waals surface area contributed by atoms with Gasteiger partial charge in [-0.1, -0.05) is 13.8 Å². The summed E-state index contributed by atoms with van der Waals surface area (Å²) < 4.78 is 0. The Kier molecular flexibility index (Phi) is 4.20. The molecule has 1 aliphatic carbocycles. The Bertz CT molecular complexity index is 503. The Hall–Kier alpha value is -1.91. The number of ketones is 1. The van der Waals surface area contributed by atoms with Gasteiger partial charge in [-0.3, -0.25) is 14.4 Å². The normalized spacial score (nSPS) is 13.4. The lowest BCUT2D eigenvalue weighted by atomic mass is 9.89. The molecule has 0 bridgehead atoms. The largest absolute Gasteiger partial charge is 0.365 e. The average Bonchev–Trinajstić information content (AvgIpc) is 2.31. The van der Waals surface area contributed by atoms with Crippen LogP contribution in [0.3, 0.4) is 0 Å². The van der Waals surface area contributed by atoms with Crippen LogP contribution in [0.2, 0.25) is 0 Å². The molecule has 0 spiro atoms. The van der Waals surface area contributed by atoms with Gasteiger partial charge in [0.05, 0.1) is 0 Å². The summed E-state index contributed by atoms with van der Waals surface area (Å²) in [6.45, 7) is 4.00. The van der Waals surface area contributed by atoms with Crippen molar-refractivity contribution in [2.45, 2.75) is 33.1 Å². The van der Waals surface area contributed by atoms with Crippen LogP contribution in [0, 0.1) is 0 Å². The van der Waals surface area contributed by atoms with Crippen LogP contribution in [0.25, 0.3) is 0 Å². The zero-order valence-electron chi connectivity index (χ0n) is 10.0.